The summed E-state index contributed by atoms with van der Waals surface area (Å²) in [6.07, 6.45) is 8.01. The number of carboxylic acid groups (broad SMARTS) is 1. The van der Waals surface area contributed by atoms with Gasteiger partial charge in [0.2, 0.25) is 5.95 Å². The maximum Gasteiger partial charge on any atom is 0.347 e. The molecule has 2 aromatic heterocycles. The molecule has 260 valence electrons. The van der Waals surface area contributed by atoms with Crippen LogP contribution in [-0.2, 0) is 24.4 Å². The standard InChI is InChI=1S/C19H15FN2O4.C11H11N5O6S2/c1-2-7-21-15-9-14(13(20)8-16(15)26-10-17(21)23)22-18(24)11-5-3-4-6-12(11)19(22)25;1-5-12-9(15-11(13-5)22-2)14-10(19)16-24(20,21)6-3-4-23-7(6)8(17)18/h1,8-9H,3-7,10H2;3-4H,1-2H3,(H,17,18)(H2,12,13,14,15,16,19). The van der Waals surface area contributed by atoms with Crippen LogP contribution in [0.15, 0.2) is 39.6 Å². The zero-order valence-corrected chi connectivity index (χ0v) is 27.8. The van der Waals surface area contributed by atoms with Gasteiger partial charge in [0.05, 0.1) is 25.0 Å². The number of urea groups is 1. The second kappa shape index (κ2) is 14.3. The molecule has 0 fully saturated rings. The van der Waals surface area contributed by atoms with Crippen LogP contribution in [0.1, 0.15) is 41.2 Å². The Morgan fingerprint density at radius 1 is 1.12 bits per heavy atom. The van der Waals surface area contributed by atoms with Gasteiger partial charge in [-0.2, -0.15) is 15.0 Å². The van der Waals surface area contributed by atoms with Gasteiger partial charge in [0.1, 0.15) is 21.3 Å². The number of imide groups is 1. The number of carboxylic acids is 1. The molecule has 4 heterocycles. The number of halogens is 1. The predicted molar refractivity (Wildman–Crippen MR) is 173 cm³/mol. The maximum absolute atomic E-state index is 14.7. The van der Waals surface area contributed by atoms with Gasteiger partial charge in [0.25, 0.3) is 27.7 Å². The number of terminal acetylenes is 1. The minimum absolute atomic E-state index is 0.0170. The minimum atomic E-state index is -4.37. The Morgan fingerprint density at radius 3 is 2.42 bits per heavy atom. The molecule has 0 bridgehead atoms. The van der Waals surface area contributed by atoms with Gasteiger partial charge in [-0.05, 0) is 50.1 Å². The van der Waals surface area contributed by atoms with E-state index in [1.807, 2.05) is 0 Å². The first kappa shape index (κ1) is 35.4. The van der Waals surface area contributed by atoms with Crippen molar-refractivity contribution in [1.82, 2.24) is 19.7 Å². The molecule has 0 atom stereocenters. The van der Waals surface area contributed by atoms with Gasteiger partial charge in [-0.25, -0.2) is 32.0 Å². The van der Waals surface area contributed by atoms with Crippen molar-refractivity contribution in [2.24, 2.45) is 0 Å². The topological polar surface area (TPSA) is 227 Å². The van der Waals surface area contributed by atoms with Crippen molar-refractivity contribution in [3.63, 3.8) is 0 Å². The van der Waals surface area contributed by atoms with E-state index in [4.69, 9.17) is 21.0 Å². The number of nitrogens with zero attached hydrogens (tertiary/aromatic N) is 5. The molecule has 0 saturated carbocycles. The number of anilines is 3. The largest absolute Gasteiger partial charge is 0.481 e. The van der Waals surface area contributed by atoms with E-state index in [1.165, 1.54) is 30.4 Å². The number of carbonyl (C=O) groups excluding carboxylic acids is 4. The number of nitrogens with one attached hydrogen (secondary N) is 2. The van der Waals surface area contributed by atoms with Gasteiger partial charge in [0, 0.05) is 17.2 Å². The first-order valence-corrected chi connectivity index (χ1v) is 16.8. The summed E-state index contributed by atoms with van der Waals surface area (Å²) in [5.74, 6) is -0.992. The molecule has 3 aromatic rings. The zero-order valence-electron chi connectivity index (χ0n) is 26.2. The van der Waals surface area contributed by atoms with E-state index in [1.54, 1.807) is 4.72 Å². The Balaban J connectivity index is 0.000000195. The normalized spacial score (nSPS) is 15.3. The number of rotatable bonds is 7. The molecule has 3 N–H and O–H groups in total. The number of aromatic nitrogens is 3. The highest BCUT2D eigenvalue weighted by Crippen LogP contribution is 2.41. The average molecular weight is 728 g/mol. The quantitative estimate of drug-likeness (QED) is 0.235. The molecular weight excluding hydrogens is 702 g/mol. The van der Waals surface area contributed by atoms with Gasteiger partial charge in [0.15, 0.2) is 12.4 Å². The van der Waals surface area contributed by atoms with Crippen molar-refractivity contribution in [1.29, 1.82) is 0 Å². The molecule has 0 radical (unpaired) electrons. The smallest absolute Gasteiger partial charge is 0.347 e. The van der Waals surface area contributed by atoms with E-state index < -0.39 is 49.4 Å². The molecule has 50 heavy (non-hydrogen) atoms. The number of aryl methyl sites for hydroxylation is 1. The second-order valence-electron chi connectivity index (χ2n) is 10.5. The Kier molecular flexibility index (Phi) is 10.1. The Hall–Kier alpha value is -5.94. The molecule has 2 aliphatic heterocycles. The van der Waals surface area contributed by atoms with Crippen LogP contribution in [-0.4, -0.2) is 78.5 Å². The number of benzene rings is 1. The van der Waals surface area contributed by atoms with Crippen LogP contribution in [0.3, 0.4) is 0 Å². The Morgan fingerprint density at radius 2 is 1.80 bits per heavy atom. The number of carbonyl (C=O) groups is 5. The number of methoxy groups -OCH3 is 1. The fourth-order valence-electron chi connectivity index (χ4n) is 5.18. The van der Waals surface area contributed by atoms with Gasteiger partial charge >= 0.3 is 18.0 Å². The fraction of sp³-hybridized carbons (Fsp3) is 0.267. The lowest BCUT2D eigenvalue weighted by atomic mass is 9.93. The molecule has 1 aliphatic carbocycles. The number of thiophene rings is 1. The molecule has 0 unspecified atom stereocenters. The summed E-state index contributed by atoms with van der Waals surface area (Å²) in [6, 6.07) is 2.22. The lowest BCUT2D eigenvalue weighted by Crippen LogP contribution is -2.39. The van der Waals surface area contributed by atoms with Crippen LogP contribution in [0, 0.1) is 25.1 Å². The first-order chi connectivity index (χ1) is 23.7. The van der Waals surface area contributed by atoms with Crippen molar-refractivity contribution in [2.75, 3.05) is 35.4 Å². The summed E-state index contributed by atoms with van der Waals surface area (Å²) >= 11 is 0.723. The van der Waals surface area contributed by atoms with Crippen molar-refractivity contribution < 1.29 is 51.4 Å². The van der Waals surface area contributed by atoms with Crippen molar-refractivity contribution >= 4 is 68.4 Å². The van der Waals surface area contributed by atoms with Crippen LogP contribution in [0.2, 0.25) is 0 Å². The van der Waals surface area contributed by atoms with Crippen molar-refractivity contribution in [3.05, 3.63) is 51.2 Å². The molecule has 0 saturated heterocycles. The SMILES string of the molecule is C#CCN1C(=O)COc2cc(F)c(N3C(=O)C4=C(CCCC4)C3=O)cc21.COc1nc(C)nc(NC(=O)NS(=O)(=O)c2ccsc2C(=O)O)n1. The summed E-state index contributed by atoms with van der Waals surface area (Å²) in [7, 11) is -3.06. The summed E-state index contributed by atoms with van der Waals surface area (Å²) in [4.78, 5) is 72.8. The molecule has 0 spiro atoms. The number of amides is 5. The van der Waals surface area contributed by atoms with Crippen molar-refractivity contribution in [3.8, 4) is 24.1 Å². The third kappa shape index (κ3) is 7.08. The molecule has 1 aromatic carbocycles. The number of hydrogen-bond donors (Lipinski definition) is 3. The van der Waals surface area contributed by atoms with Gasteiger partial charge in [-0.3, -0.25) is 24.6 Å². The van der Waals surface area contributed by atoms with Gasteiger partial charge in [-0.1, -0.05) is 5.92 Å². The van der Waals surface area contributed by atoms with Gasteiger partial charge < -0.3 is 14.6 Å². The van der Waals surface area contributed by atoms with E-state index in [0.29, 0.717) is 24.0 Å². The molecule has 6 rings (SSSR count). The van der Waals surface area contributed by atoms with Crippen LogP contribution >= 0.6 is 11.3 Å². The van der Waals surface area contributed by atoms with Gasteiger partial charge in [-0.15, -0.1) is 17.8 Å². The summed E-state index contributed by atoms with van der Waals surface area (Å²) in [6.45, 7) is 1.26. The molecule has 20 heteroatoms. The maximum atomic E-state index is 14.7. The number of aromatic carboxylic acids is 1. The highest BCUT2D eigenvalue weighted by atomic mass is 32.2. The van der Waals surface area contributed by atoms with E-state index in [-0.39, 0.29) is 54.0 Å². The van der Waals surface area contributed by atoms with E-state index in [2.05, 4.69) is 26.2 Å². The molecule has 17 nitrogen and oxygen atoms in total. The highest BCUT2D eigenvalue weighted by Gasteiger charge is 2.41. The summed E-state index contributed by atoms with van der Waals surface area (Å²) < 4.78 is 50.6. The molecule has 5 amide bonds. The third-order valence-electron chi connectivity index (χ3n) is 7.33. The Labute approximate surface area is 287 Å². The number of sulfonamides is 1. The minimum Gasteiger partial charge on any atom is -0.481 e. The van der Waals surface area contributed by atoms with Crippen LogP contribution in [0.5, 0.6) is 11.8 Å². The average Bonchev–Trinajstić information content (AvgIpc) is 3.67. The lowest BCUT2D eigenvalue weighted by molar-refractivity contribution is -0.121. The monoisotopic (exact) mass is 727 g/mol. The summed E-state index contributed by atoms with van der Waals surface area (Å²) in [5.41, 5.74) is 0.992. The molecular formula is C30H26FN7O10S2. The van der Waals surface area contributed by atoms with Crippen LogP contribution in [0.25, 0.3) is 0 Å². The number of ether oxygens (including phenoxy) is 2. The lowest BCUT2D eigenvalue weighted by Gasteiger charge is -2.29. The van der Waals surface area contributed by atoms with Crippen LogP contribution < -0.4 is 29.3 Å². The Bertz CT molecular complexity index is 2100. The predicted octanol–water partition coefficient (Wildman–Crippen LogP) is 2.39. The van der Waals surface area contributed by atoms with E-state index in [9.17, 15) is 36.8 Å². The van der Waals surface area contributed by atoms with E-state index in [0.717, 1.165) is 41.2 Å². The van der Waals surface area contributed by atoms with E-state index >= 15 is 0 Å². The summed E-state index contributed by atoms with van der Waals surface area (Å²) in [5, 5.41) is 12.3. The number of hydrogen-bond acceptors (Lipinski definition) is 13. The highest BCUT2D eigenvalue weighted by molar-refractivity contribution is 7.90. The molecule has 3 aliphatic rings. The fourth-order valence-corrected chi connectivity index (χ4v) is 7.35. The third-order valence-corrected chi connectivity index (χ3v) is 9.73. The van der Waals surface area contributed by atoms with Crippen LogP contribution in [0.4, 0.5) is 26.5 Å². The zero-order chi connectivity index (χ0) is 36.3. The second-order valence-corrected chi connectivity index (χ2v) is 13.1. The number of fused-ring (bicyclic) bond motifs is 1. The van der Waals surface area contributed by atoms with Crippen molar-refractivity contribution in [2.45, 2.75) is 37.5 Å². The first-order valence-electron chi connectivity index (χ1n) is 14.5.